The lowest BCUT2D eigenvalue weighted by Crippen LogP contribution is -2.33. The Balaban J connectivity index is 0.991. The molecule has 1 amide bonds. The molecule has 1 saturated heterocycles. The van der Waals surface area contributed by atoms with Crippen molar-refractivity contribution in [1.82, 2.24) is 4.90 Å². The molecule has 1 fully saturated rings. The van der Waals surface area contributed by atoms with Crippen molar-refractivity contribution in [1.29, 1.82) is 0 Å². The highest BCUT2D eigenvalue weighted by molar-refractivity contribution is 8.26. The van der Waals surface area contributed by atoms with Gasteiger partial charge in [-0.1, -0.05) is 165 Å². The standard InChI is InChI=1S/C72H82N2O11S4/c1-5-9-13-17-37-78-55-33-35-57(59(45-55)80-39-19-15-11-7-3)49-21-27-52(28-22-49)74(53-29-23-50(24-30-53)58-36-34-56(79-38-18-14-10-6-2)46-60(58)81-40-20-16-12-8-4)54-31-25-51(26-32-54)68-66-67(85-44-43-84-66)70(89-68)69-65-64(82-41-42-83-65)61(87-69)47-62-71(77)73(48-63(75)76)72(86)88-62/h21-36,45-47H,5-20,37-44,48H2,1-4H3,(H,75,76). The Morgan fingerprint density at radius 2 is 0.921 bits per heavy atom. The lowest BCUT2D eigenvalue weighted by molar-refractivity contribution is -0.140. The topological polar surface area (TPSA) is 135 Å². The van der Waals surface area contributed by atoms with Gasteiger partial charge in [-0.15, -0.1) is 22.7 Å². The first-order valence-corrected chi connectivity index (χ1v) is 34.7. The van der Waals surface area contributed by atoms with Crippen molar-refractivity contribution < 1.29 is 52.6 Å². The van der Waals surface area contributed by atoms with Gasteiger partial charge in [0.05, 0.1) is 50.8 Å². The van der Waals surface area contributed by atoms with E-state index < -0.39 is 18.4 Å². The van der Waals surface area contributed by atoms with Gasteiger partial charge in [0.25, 0.3) is 5.91 Å². The summed E-state index contributed by atoms with van der Waals surface area (Å²) in [5.41, 5.74) is 7.93. The molecule has 0 bridgehead atoms. The fourth-order valence-electron chi connectivity index (χ4n) is 10.9. The molecular formula is C72H82N2O11S4. The number of aliphatic carboxylic acids is 1. The Hall–Kier alpha value is -7.18. The zero-order valence-electron chi connectivity index (χ0n) is 51.7. The molecule has 10 rings (SSSR count). The third kappa shape index (κ3) is 16.4. The molecule has 89 heavy (non-hydrogen) atoms. The van der Waals surface area contributed by atoms with Crippen LogP contribution in [0.2, 0.25) is 0 Å². The summed E-state index contributed by atoms with van der Waals surface area (Å²) in [5.74, 6) is 4.00. The van der Waals surface area contributed by atoms with E-state index in [1.807, 2.05) is 0 Å². The predicted octanol–water partition coefficient (Wildman–Crippen LogP) is 19.6. The average molecular weight is 1280 g/mol. The summed E-state index contributed by atoms with van der Waals surface area (Å²) in [5, 5.41) is 9.47. The summed E-state index contributed by atoms with van der Waals surface area (Å²) < 4.78 is 51.3. The molecular weight excluding hydrogens is 1200 g/mol. The number of hydrogen-bond acceptors (Lipinski definition) is 15. The Morgan fingerprint density at radius 3 is 1.37 bits per heavy atom. The molecule has 13 nitrogen and oxygen atoms in total. The zero-order valence-corrected chi connectivity index (χ0v) is 55.0. The van der Waals surface area contributed by atoms with E-state index in [9.17, 15) is 14.7 Å². The van der Waals surface area contributed by atoms with Crippen LogP contribution in [0.1, 0.15) is 135 Å². The number of rotatable bonds is 34. The Bertz CT molecular complexity index is 3400. The minimum absolute atomic E-state index is 0.187. The summed E-state index contributed by atoms with van der Waals surface area (Å²) in [6.45, 7) is 12.4. The van der Waals surface area contributed by atoms with Crippen molar-refractivity contribution in [3.05, 3.63) is 119 Å². The number of fused-ring (bicyclic) bond motifs is 2. The minimum atomic E-state index is -1.15. The fraction of sp³-hybridized carbons (Fsp3) is 0.403. The van der Waals surface area contributed by atoms with Gasteiger partial charge in [-0.05, 0) is 109 Å². The van der Waals surface area contributed by atoms with Gasteiger partial charge in [0, 0.05) is 40.3 Å². The maximum absolute atomic E-state index is 13.4. The van der Waals surface area contributed by atoms with Gasteiger partial charge in [0.15, 0.2) is 23.0 Å². The molecule has 17 heteroatoms. The number of ether oxygens (including phenoxy) is 8. The predicted molar refractivity (Wildman–Crippen MR) is 367 cm³/mol. The number of carbonyl (C=O) groups excluding carboxylic acids is 1. The summed E-state index contributed by atoms with van der Waals surface area (Å²) in [6.07, 6.45) is 19.8. The molecule has 3 aliphatic rings. The summed E-state index contributed by atoms with van der Waals surface area (Å²) in [4.78, 5) is 31.8. The highest BCUT2D eigenvalue weighted by Gasteiger charge is 2.37. The first kappa shape index (κ1) is 64.8. The maximum Gasteiger partial charge on any atom is 0.323 e. The molecule has 0 spiro atoms. The summed E-state index contributed by atoms with van der Waals surface area (Å²) in [7, 11) is 0. The largest absolute Gasteiger partial charge is 0.493 e. The zero-order chi connectivity index (χ0) is 61.9. The van der Waals surface area contributed by atoms with Gasteiger partial charge in [-0.3, -0.25) is 14.5 Å². The van der Waals surface area contributed by atoms with Gasteiger partial charge in [0.2, 0.25) is 0 Å². The smallest absolute Gasteiger partial charge is 0.323 e. The van der Waals surface area contributed by atoms with Crippen molar-refractivity contribution in [2.24, 2.45) is 0 Å². The SMILES string of the molecule is CCCCCCOc1ccc(-c2ccc(N(c3ccc(-c4ccc(OCCCCCC)cc4OCCCCCC)cc3)c3ccc(-c4sc(-c5sc(C=C6SC(=S)N(CC(=O)O)C6=O)c6c5OCCO6)c5c4OCCO5)cc3)cc2)c(OCCCCCC)c1. The van der Waals surface area contributed by atoms with Crippen LogP contribution >= 0.6 is 46.7 Å². The molecule has 2 aromatic heterocycles. The molecule has 470 valence electrons. The van der Waals surface area contributed by atoms with Gasteiger partial charge in [-0.2, -0.15) is 0 Å². The number of carboxylic acid groups (broad SMARTS) is 1. The number of thioether (sulfide) groups is 1. The number of benzene rings is 5. The van der Waals surface area contributed by atoms with E-state index in [-0.39, 0.29) is 4.32 Å². The van der Waals surface area contributed by atoms with Gasteiger partial charge in [-0.25, -0.2) is 0 Å². The third-order valence-corrected chi connectivity index (χ3v) is 19.5. The molecule has 5 aromatic carbocycles. The first-order chi connectivity index (χ1) is 43.7. The lowest BCUT2D eigenvalue weighted by Gasteiger charge is -2.26. The number of anilines is 3. The van der Waals surface area contributed by atoms with E-state index in [1.54, 1.807) is 17.4 Å². The van der Waals surface area contributed by atoms with Crippen LogP contribution in [0.15, 0.2) is 114 Å². The van der Waals surface area contributed by atoms with E-state index in [0.717, 1.165) is 163 Å². The lowest BCUT2D eigenvalue weighted by atomic mass is 10.0. The van der Waals surface area contributed by atoms with Crippen molar-refractivity contribution in [2.75, 3.05) is 64.3 Å². The van der Waals surface area contributed by atoms with Crippen LogP contribution in [0.5, 0.6) is 46.0 Å². The molecule has 7 aromatic rings. The van der Waals surface area contributed by atoms with Crippen molar-refractivity contribution >= 4 is 86.0 Å². The van der Waals surface area contributed by atoms with Crippen LogP contribution in [0.4, 0.5) is 17.1 Å². The van der Waals surface area contributed by atoms with E-state index in [4.69, 9.17) is 50.1 Å². The molecule has 0 unspecified atom stereocenters. The van der Waals surface area contributed by atoms with Crippen molar-refractivity contribution in [3.63, 3.8) is 0 Å². The quantitative estimate of drug-likeness (QED) is 0.0233. The summed E-state index contributed by atoms with van der Waals surface area (Å²) >= 11 is 9.44. The van der Waals surface area contributed by atoms with Gasteiger partial charge >= 0.3 is 5.97 Å². The van der Waals surface area contributed by atoms with Gasteiger partial charge in [0.1, 0.15) is 60.3 Å². The molecule has 0 radical (unpaired) electrons. The minimum Gasteiger partial charge on any atom is -0.493 e. The van der Waals surface area contributed by atoms with E-state index in [2.05, 4.69) is 142 Å². The highest BCUT2D eigenvalue weighted by Crippen LogP contribution is 2.60. The fourth-order valence-corrected chi connectivity index (χ4v) is 14.7. The number of nitrogens with zero attached hydrogens (tertiary/aromatic N) is 2. The molecule has 3 aliphatic heterocycles. The van der Waals surface area contributed by atoms with Crippen LogP contribution in [-0.2, 0) is 9.59 Å². The number of hydrogen-bond donors (Lipinski definition) is 1. The number of carbonyl (C=O) groups is 2. The number of amides is 1. The second kappa shape index (κ2) is 32.5. The van der Waals surface area contributed by atoms with E-state index >= 15 is 0 Å². The Kier molecular flexibility index (Phi) is 23.7. The highest BCUT2D eigenvalue weighted by atomic mass is 32.2. The first-order valence-electron chi connectivity index (χ1n) is 31.9. The number of carboxylic acids is 1. The molecule has 0 atom stereocenters. The van der Waals surface area contributed by atoms with Gasteiger partial charge < -0.3 is 47.9 Å². The monoisotopic (exact) mass is 1280 g/mol. The molecule has 0 aliphatic carbocycles. The van der Waals surface area contributed by atoms with Crippen LogP contribution in [-0.4, -0.2) is 85.6 Å². The maximum atomic E-state index is 13.4. The number of thiophene rings is 2. The molecule has 5 heterocycles. The normalized spacial score (nSPS) is 13.9. The Morgan fingerprint density at radius 1 is 0.517 bits per heavy atom. The molecule has 0 saturated carbocycles. The van der Waals surface area contributed by atoms with Crippen LogP contribution in [0.25, 0.3) is 48.5 Å². The number of thiocarbonyl (C=S) groups is 1. The average Bonchev–Trinajstić information content (AvgIpc) is 3.50. The van der Waals surface area contributed by atoms with Crippen LogP contribution in [0, 0.1) is 0 Å². The third-order valence-electron chi connectivity index (χ3n) is 15.7. The Labute approximate surface area is 542 Å². The van der Waals surface area contributed by atoms with Crippen LogP contribution < -0.4 is 42.8 Å². The van der Waals surface area contributed by atoms with Crippen LogP contribution in [0.3, 0.4) is 0 Å². The van der Waals surface area contributed by atoms with Crippen molar-refractivity contribution in [3.8, 4) is 88.4 Å². The molecule has 1 N–H and O–H groups in total. The second-order valence-corrected chi connectivity index (χ2v) is 26.1. The number of unbranched alkanes of at least 4 members (excludes halogenated alkanes) is 12. The van der Waals surface area contributed by atoms with E-state index in [0.29, 0.717) is 85.6 Å². The second-order valence-electron chi connectivity index (χ2n) is 22.4. The summed E-state index contributed by atoms with van der Waals surface area (Å²) in [6, 6.07) is 38.5. The van der Waals surface area contributed by atoms with Crippen molar-refractivity contribution in [2.45, 2.75) is 130 Å². The van der Waals surface area contributed by atoms with E-state index in [1.165, 1.54) is 49.9 Å².